The van der Waals surface area contributed by atoms with Gasteiger partial charge in [0, 0.05) is 4.88 Å². The summed E-state index contributed by atoms with van der Waals surface area (Å²) in [6.45, 7) is 1.06. The van der Waals surface area contributed by atoms with Crippen LogP contribution in [0.4, 0.5) is 0 Å². The first-order chi connectivity index (χ1) is 7.40. The van der Waals surface area contributed by atoms with E-state index in [1.807, 2.05) is 11.3 Å². The Morgan fingerprint density at radius 2 is 1.93 bits per heavy atom. The Bertz CT molecular complexity index is 329. The summed E-state index contributed by atoms with van der Waals surface area (Å²) >= 11 is 2.00. The Hall–Kier alpha value is -0.235. The maximum absolute atomic E-state index is 2.39. The van der Waals surface area contributed by atoms with Gasteiger partial charge in [0.15, 0.2) is 0 Å². The Kier molecular flexibility index (Phi) is 1.85. The normalized spacial score (nSPS) is 42.5. The molecule has 2 heteroatoms. The molecule has 3 unspecified atom stereocenters. The van der Waals surface area contributed by atoms with Gasteiger partial charge in [-0.15, -0.1) is 11.3 Å². The molecule has 3 atom stereocenters. The highest BCUT2D eigenvalue weighted by molar-refractivity contribution is 7.10. The van der Waals surface area contributed by atoms with Crippen molar-refractivity contribution in [1.29, 1.82) is 0 Å². The predicted octanol–water partition coefficient (Wildman–Crippen LogP) is 3.93. The van der Waals surface area contributed by atoms with Crippen LogP contribution in [0.5, 0.6) is 0 Å². The highest BCUT2D eigenvalue weighted by Crippen LogP contribution is 2.57. The largest absolute Gasteiger partial charge is 0.150 e. The van der Waals surface area contributed by atoms with Crippen LogP contribution in [0.25, 0.3) is 0 Å². The molecule has 0 nitrogen and oxygen atoms in total. The number of rotatable bonds is 1. The van der Waals surface area contributed by atoms with Crippen molar-refractivity contribution < 1.29 is 0 Å². The molecule has 4 bridgehead atoms. The van der Waals surface area contributed by atoms with Crippen LogP contribution in [0.3, 0.4) is 0 Å². The number of hydrogen-bond acceptors (Lipinski definition) is 1. The van der Waals surface area contributed by atoms with E-state index in [2.05, 4.69) is 17.5 Å². The van der Waals surface area contributed by atoms with Crippen LogP contribution in [0, 0.1) is 17.8 Å². The van der Waals surface area contributed by atoms with Crippen molar-refractivity contribution in [1.82, 2.24) is 0 Å². The van der Waals surface area contributed by atoms with E-state index in [-0.39, 0.29) is 0 Å². The van der Waals surface area contributed by atoms with E-state index in [4.69, 9.17) is 0 Å². The molecule has 0 amide bonds. The smallest absolute Gasteiger partial charge is 0.149 e. The first kappa shape index (κ1) is 8.86. The molecule has 0 spiro atoms. The first-order valence-electron chi connectivity index (χ1n) is 6.43. The molecule has 0 radical (unpaired) electrons. The molecule has 4 heterocycles. The second-order valence-electron chi connectivity index (χ2n) is 5.97. The van der Waals surface area contributed by atoms with Crippen molar-refractivity contribution >= 4 is 18.0 Å². The molecule has 1 saturated carbocycles. The van der Waals surface area contributed by atoms with Gasteiger partial charge in [-0.05, 0) is 54.3 Å². The van der Waals surface area contributed by atoms with Gasteiger partial charge in [0.2, 0.25) is 0 Å². The minimum atomic E-state index is 0.956. The number of thiophene rings is 1. The summed E-state index contributed by atoms with van der Waals surface area (Å²) < 4.78 is 0. The van der Waals surface area contributed by atoms with Crippen LogP contribution in [-0.2, 0) is 0 Å². The quantitative estimate of drug-likeness (QED) is 0.624. The van der Waals surface area contributed by atoms with E-state index in [0.717, 1.165) is 30.3 Å². The second-order valence-corrected chi connectivity index (χ2v) is 6.95. The molecular weight excluding hydrogens is 199 g/mol. The zero-order valence-corrected chi connectivity index (χ0v) is 9.88. The SMILES string of the molecule is c1csc(C2B3CC4CC(C3)CC2C4)c1. The van der Waals surface area contributed by atoms with Gasteiger partial charge >= 0.3 is 0 Å². The third kappa shape index (κ3) is 1.27. The Balaban J connectivity index is 1.71. The van der Waals surface area contributed by atoms with Crippen LogP contribution < -0.4 is 0 Å². The van der Waals surface area contributed by atoms with Crippen molar-refractivity contribution in [2.75, 3.05) is 0 Å². The summed E-state index contributed by atoms with van der Waals surface area (Å²) in [6.07, 6.45) is 7.78. The molecule has 5 rings (SSSR count). The Morgan fingerprint density at radius 1 is 1.13 bits per heavy atom. The minimum Gasteiger partial charge on any atom is -0.149 e. The monoisotopic (exact) mass is 216 g/mol. The Labute approximate surface area is 96.2 Å². The molecule has 1 aromatic heterocycles. The zero-order chi connectivity index (χ0) is 9.83. The fraction of sp³-hybridized carbons (Fsp3) is 0.692. The van der Waals surface area contributed by atoms with Crippen molar-refractivity contribution in [2.45, 2.75) is 37.7 Å². The van der Waals surface area contributed by atoms with E-state index in [1.54, 1.807) is 36.8 Å². The fourth-order valence-electron chi connectivity index (χ4n) is 4.87. The molecule has 78 valence electrons. The summed E-state index contributed by atoms with van der Waals surface area (Å²) in [7, 11) is 0. The van der Waals surface area contributed by atoms with Gasteiger partial charge in [-0.25, -0.2) is 0 Å². The molecule has 15 heavy (non-hydrogen) atoms. The van der Waals surface area contributed by atoms with Gasteiger partial charge in [0.25, 0.3) is 0 Å². The van der Waals surface area contributed by atoms with Gasteiger partial charge in [-0.1, -0.05) is 18.7 Å². The van der Waals surface area contributed by atoms with Crippen LogP contribution in [-0.4, -0.2) is 6.71 Å². The molecule has 3 aliphatic heterocycles. The van der Waals surface area contributed by atoms with Gasteiger partial charge in [-0.3, -0.25) is 0 Å². The lowest BCUT2D eigenvalue weighted by Gasteiger charge is -2.53. The summed E-state index contributed by atoms with van der Waals surface area (Å²) in [5.41, 5.74) is 0. The molecule has 1 aromatic rings. The van der Waals surface area contributed by atoms with Crippen molar-refractivity contribution in [3.05, 3.63) is 22.4 Å². The fourth-order valence-corrected chi connectivity index (χ4v) is 5.88. The van der Waals surface area contributed by atoms with E-state index in [1.165, 1.54) is 0 Å². The van der Waals surface area contributed by atoms with E-state index < -0.39 is 0 Å². The van der Waals surface area contributed by atoms with Gasteiger partial charge in [-0.2, -0.15) is 0 Å². The molecule has 4 aliphatic rings. The number of hydrogen-bond donors (Lipinski definition) is 0. The first-order valence-corrected chi connectivity index (χ1v) is 7.31. The molecule has 4 fully saturated rings. The highest BCUT2D eigenvalue weighted by Gasteiger charge is 2.50. The average Bonchev–Trinajstić information content (AvgIpc) is 2.69. The molecular formula is C13H17BS. The maximum atomic E-state index is 2.39. The third-order valence-electron chi connectivity index (χ3n) is 5.10. The van der Waals surface area contributed by atoms with Crippen LogP contribution in [0.2, 0.25) is 12.6 Å². The van der Waals surface area contributed by atoms with Crippen LogP contribution in [0.1, 0.15) is 30.0 Å². The van der Waals surface area contributed by atoms with Crippen LogP contribution in [0.15, 0.2) is 17.5 Å². The predicted molar refractivity (Wildman–Crippen MR) is 66.7 cm³/mol. The van der Waals surface area contributed by atoms with Crippen LogP contribution >= 0.6 is 11.3 Å². The van der Waals surface area contributed by atoms with E-state index >= 15 is 0 Å². The summed E-state index contributed by atoms with van der Waals surface area (Å²) in [5, 5.41) is 2.26. The standard InChI is InChI=1S/C13H17BS/c1-2-12(15-3-1)13-11-5-9-4-10(6-11)8-14(13)7-9/h1-3,9-11,13H,4-8H2. The highest BCUT2D eigenvalue weighted by atomic mass is 32.1. The van der Waals surface area contributed by atoms with Crippen molar-refractivity contribution in [3.8, 4) is 0 Å². The van der Waals surface area contributed by atoms with E-state index in [9.17, 15) is 0 Å². The van der Waals surface area contributed by atoms with Gasteiger partial charge < -0.3 is 0 Å². The average molecular weight is 216 g/mol. The Morgan fingerprint density at radius 3 is 2.53 bits per heavy atom. The van der Waals surface area contributed by atoms with E-state index in [0.29, 0.717) is 0 Å². The molecule has 1 aliphatic carbocycles. The molecule has 0 N–H and O–H groups in total. The lowest BCUT2D eigenvalue weighted by molar-refractivity contribution is 0.170. The summed E-state index contributed by atoms with van der Waals surface area (Å²) in [6, 6.07) is 4.63. The maximum Gasteiger partial charge on any atom is 0.150 e. The molecule has 0 aromatic carbocycles. The lowest BCUT2D eigenvalue weighted by atomic mass is 9.23. The topological polar surface area (TPSA) is 0 Å². The zero-order valence-electron chi connectivity index (χ0n) is 9.06. The van der Waals surface area contributed by atoms with Crippen molar-refractivity contribution in [3.63, 3.8) is 0 Å². The second kappa shape index (κ2) is 3.13. The summed E-state index contributed by atoms with van der Waals surface area (Å²) in [5.74, 6) is 4.24. The molecule has 3 saturated heterocycles. The summed E-state index contributed by atoms with van der Waals surface area (Å²) in [4.78, 5) is 1.70. The van der Waals surface area contributed by atoms with Crippen molar-refractivity contribution in [2.24, 2.45) is 17.8 Å². The van der Waals surface area contributed by atoms with Gasteiger partial charge in [0.05, 0.1) is 0 Å². The minimum absolute atomic E-state index is 0.956. The van der Waals surface area contributed by atoms with Gasteiger partial charge in [0.1, 0.15) is 6.71 Å². The third-order valence-corrected chi connectivity index (χ3v) is 6.07. The lowest BCUT2D eigenvalue weighted by Crippen LogP contribution is -2.48.